The molecule has 1 fully saturated rings. The zero-order valence-electron chi connectivity index (χ0n) is 14.6. The Hall–Kier alpha value is -2.56. The first-order valence-electron chi connectivity index (χ1n) is 8.84. The molecular formula is C20H24N2O3. The van der Waals surface area contributed by atoms with Crippen LogP contribution in [0.4, 0.5) is 0 Å². The third kappa shape index (κ3) is 4.29. The molecule has 2 amide bonds. The van der Waals surface area contributed by atoms with E-state index in [2.05, 4.69) is 31.2 Å². The van der Waals surface area contributed by atoms with Crippen LogP contribution in [0.15, 0.2) is 47.3 Å². The molecule has 5 heteroatoms. The maximum atomic E-state index is 12.4. The topological polar surface area (TPSA) is 53.8 Å². The Kier molecular flexibility index (Phi) is 5.53. The molecule has 0 saturated carbocycles. The number of amides is 2. The first-order valence-corrected chi connectivity index (χ1v) is 8.84. The minimum Gasteiger partial charge on any atom is -0.472 e. The molecule has 0 spiro atoms. The average Bonchev–Trinajstić information content (AvgIpc) is 3.21. The van der Waals surface area contributed by atoms with Gasteiger partial charge in [-0.05, 0) is 30.0 Å². The number of benzene rings is 1. The van der Waals surface area contributed by atoms with Gasteiger partial charge >= 0.3 is 0 Å². The lowest BCUT2D eigenvalue weighted by Crippen LogP contribution is -2.50. The molecule has 0 bridgehead atoms. The Morgan fingerprint density at radius 3 is 2.20 bits per heavy atom. The van der Waals surface area contributed by atoms with Crippen molar-refractivity contribution in [3.63, 3.8) is 0 Å². The zero-order chi connectivity index (χ0) is 17.6. The summed E-state index contributed by atoms with van der Waals surface area (Å²) in [5, 5.41) is 0. The minimum atomic E-state index is -0.0307. The Morgan fingerprint density at radius 1 is 0.960 bits per heavy atom. The highest BCUT2D eigenvalue weighted by Gasteiger charge is 2.25. The van der Waals surface area contributed by atoms with Crippen molar-refractivity contribution in [2.75, 3.05) is 26.2 Å². The average molecular weight is 340 g/mol. The first-order chi connectivity index (χ1) is 12.2. The maximum absolute atomic E-state index is 12.4. The van der Waals surface area contributed by atoms with Gasteiger partial charge in [-0.3, -0.25) is 9.59 Å². The first kappa shape index (κ1) is 17.3. The standard InChI is InChI=1S/C20H24N2O3/c1-2-16-3-5-17(6-4-16)7-8-19(23)21-10-12-22(13-11-21)20(24)18-9-14-25-15-18/h3-6,9,14-15H,2,7-8,10-13H2,1H3. The number of carbonyl (C=O) groups is 2. The molecule has 132 valence electrons. The van der Waals surface area contributed by atoms with Crippen LogP contribution in [-0.2, 0) is 17.6 Å². The molecule has 1 aliphatic heterocycles. The van der Waals surface area contributed by atoms with Crippen LogP contribution in [0.5, 0.6) is 0 Å². The van der Waals surface area contributed by atoms with Crippen molar-refractivity contribution in [1.29, 1.82) is 0 Å². The number of hydrogen-bond donors (Lipinski definition) is 0. The molecule has 0 aliphatic carbocycles. The lowest BCUT2D eigenvalue weighted by molar-refractivity contribution is -0.132. The number of hydrogen-bond acceptors (Lipinski definition) is 3. The largest absolute Gasteiger partial charge is 0.472 e. The number of nitrogens with zero attached hydrogens (tertiary/aromatic N) is 2. The van der Waals surface area contributed by atoms with Gasteiger partial charge in [0, 0.05) is 32.6 Å². The van der Waals surface area contributed by atoms with Gasteiger partial charge in [0.05, 0.1) is 11.8 Å². The fourth-order valence-electron chi connectivity index (χ4n) is 3.08. The Labute approximate surface area is 148 Å². The van der Waals surface area contributed by atoms with Gasteiger partial charge in [0.25, 0.3) is 5.91 Å². The molecular weight excluding hydrogens is 316 g/mol. The molecule has 3 rings (SSSR count). The van der Waals surface area contributed by atoms with Crippen LogP contribution < -0.4 is 0 Å². The van der Waals surface area contributed by atoms with E-state index in [0.717, 1.165) is 12.8 Å². The van der Waals surface area contributed by atoms with E-state index >= 15 is 0 Å². The molecule has 1 aliphatic rings. The summed E-state index contributed by atoms with van der Waals surface area (Å²) in [4.78, 5) is 28.3. The summed E-state index contributed by atoms with van der Waals surface area (Å²) >= 11 is 0. The summed E-state index contributed by atoms with van der Waals surface area (Å²) in [5.41, 5.74) is 3.07. The van der Waals surface area contributed by atoms with Gasteiger partial charge in [-0.15, -0.1) is 0 Å². The molecule has 0 unspecified atom stereocenters. The van der Waals surface area contributed by atoms with Crippen LogP contribution in [0, 0.1) is 0 Å². The minimum absolute atomic E-state index is 0.0307. The van der Waals surface area contributed by atoms with E-state index in [4.69, 9.17) is 4.42 Å². The smallest absolute Gasteiger partial charge is 0.257 e. The van der Waals surface area contributed by atoms with E-state index in [1.54, 1.807) is 11.0 Å². The van der Waals surface area contributed by atoms with Gasteiger partial charge < -0.3 is 14.2 Å². The van der Waals surface area contributed by atoms with Crippen molar-refractivity contribution in [2.24, 2.45) is 0 Å². The van der Waals surface area contributed by atoms with Crippen molar-refractivity contribution >= 4 is 11.8 Å². The molecule has 2 heterocycles. The molecule has 0 atom stereocenters. The molecule has 5 nitrogen and oxygen atoms in total. The van der Waals surface area contributed by atoms with Gasteiger partial charge in [-0.2, -0.15) is 0 Å². The summed E-state index contributed by atoms with van der Waals surface area (Å²) in [6.45, 7) is 4.46. The van der Waals surface area contributed by atoms with Crippen LogP contribution in [0.2, 0.25) is 0 Å². The van der Waals surface area contributed by atoms with Crippen LogP contribution in [0.3, 0.4) is 0 Å². The van der Waals surface area contributed by atoms with Gasteiger partial charge in [0.2, 0.25) is 5.91 Å². The second kappa shape index (κ2) is 8.01. The van der Waals surface area contributed by atoms with Crippen LogP contribution in [0.25, 0.3) is 0 Å². The monoisotopic (exact) mass is 340 g/mol. The molecule has 1 saturated heterocycles. The maximum Gasteiger partial charge on any atom is 0.257 e. The highest BCUT2D eigenvalue weighted by atomic mass is 16.3. The second-order valence-electron chi connectivity index (χ2n) is 6.36. The van der Waals surface area contributed by atoms with Gasteiger partial charge in [0.1, 0.15) is 6.26 Å². The van der Waals surface area contributed by atoms with Crippen molar-refractivity contribution in [2.45, 2.75) is 26.2 Å². The predicted octanol–water partition coefficient (Wildman–Crippen LogP) is 2.76. The number of furan rings is 1. The lowest BCUT2D eigenvalue weighted by Gasteiger charge is -2.34. The van der Waals surface area contributed by atoms with Crippen LogP contribution >= 0.6 is 0 Å². The third-order valence-corrected chi connectivity index (χ3v) is 4.75. The van der Waals surface area contributed by atoms with Crippen molar-refractivity contribution in [3.05, 3.63) is 59.5 Å². The number of carbonyl (C=O) groups excluding carboxylic acids is 2. The molecule has 25 heavy (non-hydrogen) atoms. The summed E-state index contributed by atoms with van der Waals surface area (Å²) in [6, 6.07) is 10.1. The van der Waals surface area contributed by atoms with Crippen molar-refractivity contribution in [1.82, 2.24) is 9.80 Å². The summed E-state index contributed by atoms with van der Waals surface area (Å²) in [7, 11) is 0. The van der Waals surface area contributed by atoms with E-state index < -0.39 is 0 Å². The van der Waals surface area contributed by atoms with Gasteiger partial charge in [0.15, 0.2) is 0 Å². The Balaban J connectivity index is 1.45. The van der Waals surface area contributed by atoms with E-state index in [9.17, 15) is 9.59 Å². The fourth-order valence-corrected chi connectivity index (χ4v) is 3.08. The van der Waals surface area contributed by atoms with Crippen LogP contribution in [-0.4, -0.2) is 47.8 Å². The number of aryl methyl sites for hydroxylation is 2. The van der Waals surface area contributed by atoms with Gasteiger partial charge in [-0.1, -0.05) is 31.2 Å². The number of piperazine rings is 1. The SMILES string of the molecule is CCc1ccc(CCC(=O)N2CCN(C(=O)c3ccoc3)CC2)cc1. The van der Waals surface area contributed by atoms with Crippen LogP contribution in [0.1, 0.15) is 34.8 Å². The number of rotatable bonds is 5. The fraction of sp³-hybridized carbons (Fsp3) is 0.400. The Morgan fingerprint density at radius 2 is 1.60 bits per heavy atom. The summed E-state index contributed by atoms with van der Waals surface area (Å²) in [6.07, 6.45) is 5.27. The quantitative estimate of drug-likeness (QED) is 0.841. The molecule has 2 aromatic rings. The van der Waals surface area contributed by atoms with Gasteiger partial charge in [-0.25, -0.2) is 0 Å². The Bertz CT molecular complexity index is 699. The van der Waals surface area contributed by atoms with E-state index in [-0.39, 0.29) is 11.8 Å². The lowest BCUT2D eigenvalue weighted by atomic mass is 10.1. The highest BCUT2D eigenvalue weighted by molar-refractivity contribution is 5.94. The van der Waals surface area contributed by atoms with Crippen molar-refractivity contribution < 1.29 is 14.0 Å². The van der Waals surface area contributed by atoms with Crippen molar-refractivity contribution in [3.8, 4) is 0 Å². The molecule has 0 N–H and O–H groups in total. The molecule has 1 aromatic heterocycles. The van der Waals surface area contributed by atoms with E-state index in [1.165, 1.54) is 23.7 Å². The molecule has 0 radical (unpaired) electrons. The third-order valence-electron chi connectivity index (χ3n) is 4.75. The zero-order valence-corrected chi connectivity index (χ0v) is 14.6. The second-order valence-corrected chi connectivity index (χ2v) is 6.36. The predicted molar refractivity (Wildman–Crippen MR) is 95.3 cm³/mol. The summed E-state index contributed by atoms with van der Waals surface area (Å²) < 4.78 is 4.96. The summed E-state index contributed by atoms with van der Waals surface area (Å²) in [5.74, 6) is 0.131. The van der Waals surface area contributed by atoms with E-state index in [1.807, 2.05) is 4.90 Å². The molecule has 1 aromatic carbocycles. The normalized spacial score (nSPS) is 14.6. The van der Waals surface area contributed by atoms with E-state index in [0.29, 0.717) is 38.2 Å². The highest BCUT2D eigenvalue weighted by Crippen LogP contribution is 2.12.